The van der Waals surface area contributed by atoms with Gasteiger partial charge in [0.1, 0.15) is 0 Å². The Morgan fingerprint density at radius 2 is 1.68 bits per heavy atom. The molecule has 0 fully saturated rings. The van der Waals surface area contributed by atoms with Crippen molar-refractivity contribution in [3.05, 3.63) is 0 Å². The van der Waals surface area contributed by atoms with Crippen LogP contribution in [0.5, 0.6) is 0 Å². The second kappa shape index (κ2) is 8.49. The Morgan fingerprint density at radius 3 is 2.09 bits per heavy atom. The fourth-order valence-electron chi connectivity index (χ4n) is 1.38. The summed E-state index contributed by atoms with van der Waals surface area (Å²) >= 11 is 0. The van der Waals surface area contributed by atoms with Crippen molar-refractivity contribution in [3.63, 3.8) is 0 Å². The Labute approximate surface area is 125 Å². The minimum Gasteiger partial charge on any atom is -0.467 e. The first-order chi connectivity index (χ1) is 10.3. The molecule has 0 radical (unpaired) electrons. The zero-order chi connectivity index (χ0) is 17.3. The SMILES string of the molecule is CCCOC(=O)C(C(C)=O)(C(=O)OC)C(=O)OC(=O)NC=O. The Kier molecular flexibility index (Phi) is 7.42. The van der Waals surface area contributed by atoms with Crippen molar-refractivity contribution in [2.24, 2.45) is 5.41 Å². The molecule has 1 atom stereocenters. The number of esters is 3. The molecule has 0 aromatic carbocycles. The van der Waals surface area contributed by atoms with Gasteiger partial charge in [-0.15, -0.1) is 0 Å². The van der Waals surface area contributed by atoms with E-state index in [0.717, 1.165) is 14.0 Å². The second-order valence-electron chi connectivity index (χ2n) is 3.87. The number of carbonyl (C=O) groups excluding carboxylic acids is 6. The van der Waals surface area contributed by atoms with E-state index in [1.807, 2.05) is 0 Å². The molecule has 0 rings (SSSR count). The Bertz CT molecular complexity index is 499. The van der Waals surface area contributed by atoms with Crippen LogP contribution in [0, 0.1) is 5.41 Å². The Balaban J connectivity index is 5.74. The van der Waals surface area contributed by atoms with E-state index >= 15 is 0 Å². The van der Waals surface area contributed by atoms with Crippen LogP contribution in [0.3, 0.4) is 0 Å². The molecule has 0 aromatic rings. The molecule has 0 heterocycles. The van der Waals surface area contributed by atoms with Crippen LogP contribution < -0.4 is 5.32 Å². The lowest BCUT2D eigenvalue weighted by Gasteiger charge is -2.23. The molecule has 10 nitrogen and oxygen atoms in total. The molecule has 2 amide bonds. The van der Waals surface area contributed by atoms with E-state index < -0.39 is 35.2 Å². The lowest BCUT2D eigenvalue weighted by atomic mass is 9.84. The van der Waals surface area contributed by atoms with Crippen LogP contribution in [-0.2, 0) is 38.2 Å². The molecule has 1 unspecified atom stereocenters. The number of alkyl carbamates (subject to hydrolysis) is 1. The predicted octanol–water partition coefficient (Wildman–Crippen LogP) is -0.903. The number of imide groups is 1. The van der Waals surface area contributed by atoms with E-state index in [4.69, 9.17) is 0 Å². The van der Waals surface area contributed by atoms with Gasteiger partial charge in [-0.1, -0.05) is 6.92 Å². The predicted molar refractivity (Wildman–Crippen MR) is 67.1 cm³/mol. The second-order valence-corrected chi connectivity index (χ2v) is 3.87. The van der Waals surface area contributed by atoms with Gasteiger partial charge in [0.25, 0.3) is 0 Å². The average Bonchev–Trinajstić information content (AvgIpc) is 2.45. The van der Waals surface area contributed by atoms with Crippen molar-refractivity contribution in [2.75, 3.05) is 13.7 Å². The largest absolute Gasteiger partial charge is 0.467 e. The fourth-order valence-corrected chi connectivity index (χ4v) is 1.38. The van der Waals surface area contributed by atoms with E-state index in [2.05, 4.69) is 14.2 Å². The van der Waals surface area contributed by atoms with Crippen LogP contribution in [0.2, 0.25) is 0 Å². The Hall–Kier alpha value is -2.78. The molecule has 0 saturated carbocycles. The van der Waals surface area contributed by atoms with Gasteiger partial charge in [0.05, 0.1) is 13.7 Å². The first kappa shape index (κ1) is 19.2. The molecule has 0 aromatic heterocycles. The van der Waals surface area contributed by atoms with Crippen LogP contribution in [-0.4, -0.2) is 49.9 Å². The summed E-state index contributed by atoms with van der Waals surface area (Å²) in [6.45, 7) is 2.21. The van der Waals surface area contributed by atoms with Crippen LogP contribution in [0.1, 0.15) is 20.3 Å². The number of ketones is 1. The van der Waals surface area contributed by atoms with Crippen LogP contribution in [0.25, 0.3) is 0 Å². The maximum atomic E-state index is 12.0. The highest BCUT2D eigenvalue weighted by atomic mass is 16.6. The van der Waals surface area contributed by atoms with E-state index in [-0.39, 0.29) is 13.0 Å². The Morgan fingerprint density at radius 1 is 1.09 bits per heavy atom. The normalized spacial score (nSPS) is 12.3. The van der Waals surface area contributed by atoms with Gasteiger partial charge < -0.3 is 14.2 Å². The molecular weight excluding hydrogens is 302 g/mol. The minimum atomic E-state index is -3.09. The molecule has 122 valence electrons. The summed E-state index contributed by atoms with van der Waals surface area (Å²) in [6, 6.07) is 0. The van der Waals surface area contributed by atoms with E-state index in [0.29, 0.717) is 6.42 Å². The van der Waals surface area contributed by atoms with Crippen LogP contribution in [0.4, 0.5) is 4.79 Å². The summed E-state index contributed by atoms with van der Waals surface area (Å²) < 4.78 is 13.0. The standard InChI is InChI=1S/C12H15NO9/c1-4-5-21-9(17)12(7(2)15,8(16)20-3)10(18)22-11(19)13-6-14/h6H,4-5H2,1-3H3,(H,13,14,19). The number of methoxy groups -OCH3 is 1. The maximum absolute atomic E-state index is 12.0. The number of hydrogen-bond donors (Lipinski definition) is 1. The van der Waals surface area contributed by atoms with Gasteiger partial charge in [0.15, 0.2) is 5.78 Å². The van der Waals surface area contributed by atoms with Crippen molar-refractivity contribution in [3.8, 4) is 0 Å². The number of amides is 2. The van der Waals surface area contributed by atoms with E-state index in [1.54, 1.807) is 6.92 Å². The monoisotopic (exact) mass is 317 g/mol. The zero-order valence-electron chi connectivity index (χ0n) is 12.2. The summed E-state index contributed by atoms with van der Waals surface area (Å²) in [7, 11) is 0.825. The summed E-state index contributed by atoms with van der Waals surface area (Å²) in [4.78, 5) is 68.7. The topological polar surface area (TPSA) is 142 Å². The first-order valence-electron chi connectivity index (χ1n) is 6.02. The lowest BCUT2D eigenvalue weighted by Crippen LogP contribution is -2.55. The van der Waals surface area contributed by atoms with Crippen molar-refractivity contribution in [2.45, 2.75) is 20.3 Å². The molecule has 10 heteroatoms. The highest BCUT2D eigenvalue weighted by molar-refractivity contribution is 6.34. The van der Waals surface area contributed by atoms with Gasteiger partial charge in [-0.3, -0.25) is 14.9 Å². The van der Waals surface area contributed by atoms with Crippen molar-refractivity contribution < 1.29 is 43.0 Å². The highest BCUT2D eigenvalue weighted by Gasteiger charge is 2.62. The van der Waals surface area contributed by atoms with Crippen molar-refractivity contribution in [1.82, 2.24) is 5.32 Å². The quantitative estimate of drug-likeness (QED) is 0.273. The van der Waals surface area contributed by atoms with Gasteiger partial charge in [-0.2, -0.15) is 0 Å². The zero-order valence-corrected chi connectivity index (χ0v) is 12.2. The molecule has 0 aliphatic carbocycles. The molecular formula is C12H15NO9. The third kappa shape index (κ3) is 3.87. The number of carbonyl (C=O) groups is 6. The molecule has 0 saturated heterocycles. The summed E-state index contributed by atoms with van der Waals surface area (Å²) in [6.07, 6.45) is -1.32. The van der Waals surface area contributed by atoms with Crippen LogP contribution >= 0.6 is 0 Å². The summed E-state index contributed by atoms with van der Waals surface area (Å²) in [5.74, 6) is -6.18. The molecule has 1 N–H and O–H groups in total. The van der Waals surface area contributed by atoms with Crippen molar-refractivity contribution >= 4 is 36.2 Å². The van der Waals surface area contributed by atoms with Gasteiger partial charge in [-0.05, 0) is 13.3 Å². The maximum Gasteiger partial charge on any atom is 0.421 e. The number of Topliss-reactive ketones (excluding diaryl/α,β-unsaturated/α-hetero) is 1. The number of hydrogen-bond acceptors (Lipinski definition) is 9. The number of nitrogens with one attached hydrogen (secondary N) is 1. The smallest absolute Gasteiger partial charge is 0.421 e. The third-order valence-electron chi connectivity index (χ3n) is 2.43. The summed E-state index contributed by atoms with van der Waals surface area (Å²) in [5.41, 5.74) is -3.09. The molecule has 0 aliphatic rings. The van der Waals surface area contributed by atoms with Gasteiger partial charge in [0.2, 0.25) is 6.41 Å². The summed E-state index contributed by atoms with van der Waals surface area (Å²) in [5, 5.41) is 1.45. The fraction of sp³-hybridized carbons (Fsp3) is 0.500. The van der Waals surface area contributed by atoms with E-state index in [9.17, 15) is 28.8 Å². The van der Waals surface area contributed by atoms with Crippen LogP contribution in [0.15, 0.2) is 0 Å². The third-order valence-corrected chi connectivity index (χ3v) is 2.43. The van der Waals surface area contributed by atoms with Gasteiger partial charge in [0, 0.05) is 0 Å². The van der Waals surface area contributed by atoms with Gasteiger partial charge in [-0.25, -0.2) is 19.2 Å². The molecule has 22 heavy (non-hydrogen) atoms. The molecule has 0 aliphatic heterocycles. The minimum absolute atomic E-state index is 0.0986. The lowest BCUT2D eigenvalue weighted by molar-refractivity contribution is -0.181. The van der Waals surface area contributed by atoms with Gasteiger partial charge >= 0.3 is 29.4 Å². The number of rotatable bonds is 7. The highest BCUT2D eigenvalue weighted by Crippen LogP contribution is 2.25. The molecule has 0 spiro atoms. The van der Waals surface area contributed by atoms with Crippen molar-refractivity contribution in [1.29, 1.82) is 0 Å². The molecule has 0 bridgehead atoms. The average molecular weight is 317 g/mol. The van der Waals surface area contributed by atoms with E-state index in [1.165, 1.54) is 5.32 Å². The number of ether oxygens (including phenoxy) is 3. The first-order valence-corrected chi connectivity index (χ1v) is 6.02.